The lowest BCUT2D eigenvalue weighted by atomic mass is 10.3. The lowest BCUT2D eigenvalue weighted by molar-refractivity contribution is -0.385. The van der Waals surface area contributed by atoms with E-state index in [1.807, 2.05) is 0 Å². The average Bonchev–Trinajstić information content (AvgIpc) is 2.49. The lowest BCUT2D eigenvalue weighted by Gasteiger charge is -2.08. The summed E-state index contributed by atoms with van der Waals surface area (Å²) in [6, 6.07) is 4.08. The minimum absolute atomic E-state index is 0.0701. The molecular weight excluding hydrogens is 278 g/mol. The smallest absolute Gasteiger partial charge is 0.315 e. The highest BCUT2D eigenvalue weighted by atomic mass is 16.6. The van der Waals surface area contributed by atoms with Crippen LogP contribution in [-0.2, 0) is 6.54 Å². The third kappa shape index (κ3) is 2.99. The zero-order valence-corrected chi connectivity index (χ0v) is 11.5. The predicted molar refractivity (Wildman–Crippen MR) is 73.9 cm³/mol. The van der Waals surface area contributed by atoms with Crippen LogP contribution in [-0.4, -0.2) is 21.6 Å². The maximum Gasteiger partial charge on any atom is 0.315 e. The van der Waals surface area contributed by atoms with Crippen LogP contribution in [0.5, 0.6) is 17.4 Å². The van der Waals surface area contributed by atoms with E-state index in [9.17, 15) is 14.9 Å². The summed E-state index contributed by atoms with van der Waals surface area (Å²) in [6.07, 6.45) is 2.91. The van der Waals surface area contributed by atoms with E-state index in [0.717, 1.165) is 0 Å². The average molecular weight is 291 g/mol. The van der Waals surface area contributed by atoms with Gasteiger partial charge in [-0.25, -0.2) is 4.98 Å². The van der Waals surface area contributed by atoms with Crippen LogP contribution in [0.2, 0.25) is 0 Å². The number of ether oxygens (including phenoxy) is 2. The number of aromatic nitrogens is 2. The van der Waals surface area contributed by atoms with Gasteiger partial charge in [-0.2, -0.15) is 0 Å². The molecule has 0 spiro atoms. The molecule has 0 unspecified atom stereocenters. The summed E-state index contributed by atoms with van der Waals surface area (Å²) in [5.74, 6) is 0.0351. The first-order valence-electron chi connectivity index (χ1n) is 6.12. The van der Waals surface area contributed by atoms with Crippen LogP contribution in [0.15, 0.2) is 35.4 Å². The molecule has 0 bridgehead atoms. The van der Waals surface area contributed by atoms with Gasteiger partial charge in [0.1, 0.15) is 5.75 Å². The maximum atomic E-state index is 12.0. The number of aryl methyl sites for hydroxylation is 1. The molecule has 0 fully saturated rings. The Balaban J connectivity index is 2.44. The van der Waals surface area contributed by atoms with Gasteiger partial charge in [0.15, 0.2) is 0 Å². The van der Waals surface area contributed by atoms with Gasteiger partial charge in [-0.3, -0.25) is 14.9 Å². The molecule has 2 rings (SSSR count). The van der Waals surface area contributed by atoms with Crippen molar-refractivity contribution >= 4 is 5.69 Å². The third-order valence-corrected chi connectivity index (χ3v) is 2.79. The summed E-state index contributed by atoms with van der Waals surface area (Å²) in [5, 5.41) is 11.1. The second kappa shape index (κ2) is 6.04. The Morgan fingerprint density at radius 1 is 1.43 bits per heavy atom. The summed E-state index contributed by atoms with van der Waals surface area (Å²) in [7, 11) is 1.40. The molecule has 0 N–H and O–H groups in total. The van der Waals surface area contributed by atoms with Gasteiger partial charge in [0, 0.05) is 18.9 Å². The van der Waals surface area contributed by atoms with Crippen LogP contribution < -0.4 is 15.0 Å². The fourth-order valence-corrected chi connectivity index (χ4v) is 1.70. The highest BCUT2D eigenvalue weighted by Crippen LogP contribution is 2.32. The first-order chi connectivity index (χ1) is 10.1. The van der Waals surface area contributed by atoms with Crippen LogP contribution >= 0.6 is 0 Å². The second-order valence-electron chi connectivity index (χ2n) is 4.02. The van der Waals surface area contributed by atoms with Crippen molar-refractivity contribution in [2.45, 2.75) is 13.5 Å². The number of rotatable bonds is 5. The molecule has 8 nitrogen and oxygen atoms in total. The van der Waals surface area contributed by atoms with Gasteiger partial charge in [0.2, 0.25) is 5.75 Å². The van der Waals surface area contributed by atoms with Crippen molar-refractivity contribution in [3.8, 4) is 17.4 Å². The zero-order chi connectivity index (χ0) is 15.4. The molecule has 2 aromatic rings. The molecule has 8 heteroatoms. The van der Waals surface area contributed by atoms with Crippen molar-refractivity contribution in [1.29, 1.82) is 0 Å². The molecule has 0 radical (unpaired) electrons. The monoisotopic (exact) mass is 291 g/mol. The molecule has 110 valence electrons. The van der Waals surface area contributed by atoms with Crippen LogP contribution in [0.25, 0.3) is 0 Å². The molecule has 0 aliphatic heterocycles. The Bertz CT molecular complexity index is 726. The minimum atomic E-state index is -0.612. The van der Waals surface area contributed by atoms with Gasteiger partial charge in [-0.15, -0.1) is 0 Å². The van der Waals surface area contributed by atoms with Gasteiger partial charge in [0.25, 0.3) is 5.88 Å². The molecule has 0 amide bonds. The quantitative estimate of drug-likeness (QED) is 0.617. The maximum absolute atomic E-state index is 12.0. The number of methoxy groups -OCH3 is 1. The van der Waals surface area contributed by atoms with Gasteiger partial charge in [-0.05, 0) is 19.1 Å². The van der Waals surface area contributed by atoms with E-state index in [1.54, 1.807) is 6.92 Å². The van der Waals surface area contributed by atoms with E-state index >= 15 is 0 Å². The van der Waals surface area contributed by atoms with Crippen LogP contribution in [0.1, 0.15) is 6.92 Å². The number of nitrogens with zero attached hydrogens (tertiary/aromatic N) is 3. The van der Waals surface area contributed by atoms with Crippen molar-refractivity contribution in [2.75, 3.05) is 7.11 Å². The molecule has 1 aromatic heterocycles. The Morgan fingerprint density at radius 3 is 2.81 bits per heavy atom. The molecule has 0 atom stereocenters. The Hall–Kier alpha value is -2.90. The Morgan fingerprint density at radius 2 is 2.19 bits per heavy atom. The lowest BCUT2D eigenvalue weighted by Crippen LogP contribution is -2.20. The molecule has 1 heterocycles. The number of nitro groups is 1. The molecule has 1 aromatic carbocycles. The van der Waals surface area contributed by atoms with Crippen molar-refractivity contribution in [3.05, 3.63) is 51.1 Å². The van der Waals surface area contributed by atoms with Gasteiger partial charge >= 0.3 is 11.2 Å². The van der Waals surface area contributed by atoms with E-state index in [-0.39, 0.29) is 17.3 Å². The van der Waals surface area contributed by atoms with Crippen molar-refractivity contribution in [1.82, 2.24) is 9.55 Å². The normalized spacial score (nSPS) is 10.2. The zero-order valence-electron chi connectivity index (χ0n) is 11.5. The first kappa shape index (κ1) is 14.5. The number of hydrogen-bond acceptors (Lipinski definition) is 6. The Kier molecular flexibility index (Phi) is 4.17. The molecule has 0 saturated carbocycles. The highest BCUT2D eigenvalue weighted by molar-refractivity contribution is 5.51. The van der Waals surface area contributed by atoms with Crippen LogP contribution in [0, 0.1) is 10.1 Å². The summed E-state index contributed by atoms with van der Waals surface area (Å²) in [5.41, 5.74) is -0.757. The van der Waals surface area contributed by atoms with E-state index in [0.29, 0.717) is 12.3 Å². The molecule has 0 aliphatic carbocycles. The molecule has 0 aliphatic rings. The van der Waals surface area contributed by atoms with E-state index in [4.69, 9.17) is 9.47 Å². The second-order valence-corrected chi connectivity index (χ2v) is 4.02. The standard InChI is InChI=1S/C13H13N3O5/c1-3-15-7-6-14-12(13(15)17)21-11-5-4-9(20-2)8-10(11)16(18)19/h4-8H,3H2,1-2H3. The van der Waals surface area contributed by atoms with E-state index in [2.05, 4.69) is 4.98 Å². The van der Waals surface area contributed by atoms with E-state index < -0.39 is 10.5 Å². The van der Waals surface area contributed by atoms with Gasteiger partial charge in [-0.1, -0.05) is 0 Å². The fourth-order valence-electron chi connectivity index (χ4n) is 1.70. The van der Waals surface area contributed by atoms with Crippen molar-refractivity contribution in [2.24, 2.45) is 0 Å². The summed E-state index contributed by atoms with van der Waals surface area (Å²) < 4.78 is 11.6. The molecular formula is C13H13N3O5. The fraction of sp³-hybridized carbons (Fsp3) is 0.231. The number of hydrogen-bond donors (Lipinski definition) is 0. The third-order valence-electron chi connectivity index (χ3n) is 2.79. The number of nitro benzene ring substituents is 1. The van der Waals surface area contributed by atoms with Crippen LogP contribution in [0.4, 0.5) is 5.69 Å². The summed E-state index contributed by atoms with van der Waals surface area (Å²) >= 11 is 0. The number of benzene rings is 1. The molecule has 0 saturated heterocycles. The van der Waals surface area contributed by atoms with Crippen molar-refractivity contribution in [3.63, 3.8) is 0 Å². The highest BCUT2D eigenvalue weighted by Gasteiger charge is 2.19. The van der Waals surface area contributed by atoms with Crippen molar-refractivity contribution < 1.29 is 14.4 Å². The Labute approximate surface area is 119 Å². The SMILES string of the molecule is CCn1ccnc(Oc2ccc(OC)cc2[N+](=O)[O-])c1=O. The topological polar surface area (TPSA) is 96.5 Å². The minimum Gasteiger partial charge on any atom is -0.496 e. The largest absolute Gasteiger partial charge is 0.496 e. The first-order valence-corrected chi connectivity index (χ1v) is 6.12. The van der Waals surface area contributed by atoms with Crippen LogP contribution in [0.3, 0.4) is 0 Å². The van der Waals surface area contributed by atoms with Gasteiger partial charge in [0.05, 0.1) is 18.1 Å². The molecule has 21 heavy (non-hydrogen) atoms. The van der Waals surface area contributed by atoms with Gasteiger partial charge < -0.3 is 14.0 Å². The summed E-state index contributed by atoms with van der Waals surface area (Å²) in [6.45, 7) is 2.24. The predicted octanol–water partition coefficient (Wildman–Crippen LogP) is 1.97. The van der Waals surface area contributed by atoms with E-state index in [1.165, 1.54) is 42.3 Å². The summed E-state index contributed by atoms with van der Waals surface area (Å²) in [4.78, 5) is 26.2.